The Morgan fingerprint density at radius 2 is 1.71 bits per heavy atom. The van der Waals surface area contributed by atoms with Crippen LogP contribution >= 0.6 is 11.6 Å². The number of amides is 1. The van der Waals surface area contributed by atoms with Gasteiger partial charge < -0.3 is 10.1 Å². The van der Waals surface area contributed by atoms with Gasteiger partial charge in [0.05, 0.1) is 16.8 Å². The second-order valence-electron chi connectivity index (χ2n) is 6.15. The van der Waals surface area contributed by atoms with E-state index in [-0.39, 0.29) is 16.5 Å². The van der Waals surface area contributed by atoms with Crippen LogP contribution in [0.15, 0.2) is 54.6 Å². The van der Waals surface area contributed by atoms with Crippen molar-refractivity contribution in [2.45, 2.75) is 20.0 Å². The molecule has 0 saturated heterocycles. The molecule has 2 aromatic carbocycles. The first-order chi connectivity index (χ1) is 13.4. The molecule has 0 bridgehead atoms. The van der Waals surface area contributed by atoms with Crippen LogP contribution in [0.4, 0.5) is 5.69 Å². The molecule has 0 aliphatic heterocycles. The predicted octanol–water partition coefficient (Wildman–Crippen LogP) is 4.27. The molecule has 1 N–H and O–H groups in total. The lowest BCUT2D eigenvalue weighted by molar-refractivity contribution is -0.123. The Kier molecular flexibility index (Phi) is 5.70. The molecule has 1 heterocycles. The van der Waals surface area contributed by atoms with Crippen molar-refractivity contribution in [2.24, 2.45) is 0 Å². The van der Waals surface area contributed by atoms with E-state index in [1.807, 2.05) is 0 Å². The van der Waals surface area contributed by atoms with E-state index in [0.717, 1.165) is 0 Å². The highest BCUT2D eigenvalue weighted by Gasteiger charge is 2.22. The number of para-hydroxylation sites is 2. The highest BCUT2D eigenvalue weighted by Crippen LogP contribution is 2.22. The Balaban J connectivity index is 1.78. The van der Waals surface area contributed by atoms with Crippen molar-refractivity contribution >= 4 is 45.9 Å². The van der Waals surface area contributed by atoms with Crippen molar-refractivity contribution in [3.05, 3.63) is 70.9 Å². The first kappa shape index (κ1) is 19.5. The van der Waals surface area contributed by atoms with Gasteiger partial charge in [-0.2, -0.15) is 0 Å². The largest absolute Gasteiger partial charge is 0.449 e. The fourth-order valence-corrected chi connectivity index (χ4v) is 2.92. The molecule has 142 valence electrons. The maximum absolute atomic E-state index is 12.6. The van der Waals surface area contributed by atoms with Gasteiger partial charge in [-0.05, 0) is 38.1 Å². The minimum absolute atomic E-state index is 0.151. The third kappa shape index (κ3) is 4.18. The molecule has 3 rings (SSSR count). The van der Waals surface area contributed by atoms with Crippen molar-refractivity contribution in [3.63, 3.8) is 0 Å². The van der Waals surface area contributed by atoms with Crippen molar-refractivity contribution in [1.82, 2.24) is 4.98 Å². The van der Waals surface area contributed by atoms with E-state index in [1.165, 1.54) is 19.9 Å². The van der Waals surface area contributed by atoms with Gasteiger partial charge in [-0.3, -0.25) is 9.59 Å². The van der Waals surface area contributed by atoms with Crippen LogP contribution in [-0.4, -0.2) is 28.7 Å². The van der Waals surface area contributed by atoms with Crippen LogP contribution < -0.4 is 5.32 Å². The summed E-state index contributed by atoms with van der Waals surface area (Å²) in [6.45, 7) is 2.86. The van der Waals surface area contributed by atoms with E-state index in [9.17, 15) is 14.4 Å². The Hall–Kier alpha value is -3.25. The van der Waals surface area contributed by atoms with Crippen LogP contribution in [0, 0.1) is 0 Å². The molecule has 7 heteroatoms. The average Bonchev–Trinajstić information content (AvgIpc) is 2.67. The number of carbonyl (C=O) groups is 3. The number of rotatable bonds is 5. The summed E-state index contributed by atoms with van der Waals surface area (Å²) >= 11 is 5.99. The summed E-state index contributed by atoms with van der Waals surface area (Å²) in [4.78, 5) is 40.9. The van der Waals surface area contributed by atoms with Crippen LogP contribution in [-0.2, 0) is 9.53 Å². The summed E-state index contributed by atoms with van der Waals surface area (Å²) in [5.41, 5.74) is 1.51. The van der Waals surface area contributed by atoms with Gasteiger partial charge in [-0.15, -0.1) is 0 Å². The van der Waals surface area contributed by atoms with E-state index in [4.69, 9.17) is 16.3 Å². The van der Waals surface area contributed by atoms with Gasteiger partial charge >= 0.3 is 5.97 Å². The number of hydrogen-bond acceptors (Lipinski definition) is 5. The maximum atomic E-state index is 12.6. The van der Waals surface area contributed by atoms with Crippen LogP contribution in [0.1, 0.15) is 34.6 Å². The maximum Gasteiger partial charge on any atom is 0.339 e. The average molecular weight is 397 g/mol. The Labute approximate surface area is 166 Å². The summed E-state index contributed by atoms with van der Waals surface area (Å²) in [5, 5.41) is 3.35. The molecule has 0 radical (unpaired) electrons. The minimum Gasteiger partial charge on any atom is -0.449 e. The summed E-state index contributed by atoms with van der Waals surface area (Å²) < 4.78 is 5.31. The third-order valence-corrected chi connectivity index (χ3v) is 4.32. The summed E-state index contributed by atoms with van der Waals surface area (Å²) in [5.74, 6) is -1.42. The number of ketones is 1. The number of fused-ring (bicyclic) bond motifs is 1. The predicted molar refractivity (Wildman–Crippen MR) is 107 cm³/mol. The number of esters is 1. The standard InChI is InChI=1S/C21H17ClN2O4/c1-12(25)14-7-3-5-9-17(14)24-20(26)13(2)28-21(27)16-11-19(22)23-18-10-6-4-8-15(16)18/h3-11,13H,1-2H3,(H,24,26)/t13-/m1/s1. The van der Waals surface area contributed by atoms with Crippen LogP contribution in [0.5, 0.6) is 0 Å². The topological polar surface area (TPSA) is 85.4 Å². The quantitative estimate of drug-likeness (QED) is 0.395. The molecule has 28 heavy (non-hydrogen) atoms. The summed E-state index contributed by atoms with van der Waals surface area (Å²) in [7, 11) is 0. The molecule has 0 aliphatic carbocycles. The number of carbonyl (C=O) groups excluding carboxylic acids is 3. The summed E-state index contributed by atoms with van der Waals surface area (Å²) in [6.07, 6.45) is -1.08. The highest BCUT2D eigenvalue weighted by molar-refractivity contribution is 6.30. The number of pyridine rings is 1. The first-order valence-electron chi connectivity index (χ1n) is 8.54. The monoisotopic (exact) mass is 396 g/mol. The van der Waals surface area contributed by atoms with Gasteiger partial charge in [0.15, 0.2) is 11.9 Å². The Bertz CT molecular complexity index is 1080. The highest BCUT2D eigenvalue weighted by atomic mass is 35.5. The number of benzene rings is 2. The van der Waals surface area contributed by atoms with E-state index in [0.29, 0.717) is 22.2 Å². The number of nitrogens with zero attached hydrogens (tertiary/aromatic N) is 1. The SMILES string of the molecule is CC(=O)c1ccccc1NC(=O)[C@@H](C)OC(=O)c1cc(Cl)nc2ccccc12. The molecule has 0 fully saturated rings. The molecular formula is C21H17ClN2O4. The van der Waals surface area contributed by atoms with Crippen molar-refractivity contribution in [2.75, 3.05) is 5.32 Å². The fraction of sp³-hybridized carbons (Fsp3) is 0.143. The number of Topliss-reactive ketones (excluding diaryl/α,β-unsaturated/α-hetero) is 1. The number of aromatic nitrogens is 1. The number of halogens is 1. The van der Waals surface area contributed by atoms with Gasteiger partial charge in [-0.1, -0.05) is 41.9 Å². The second kappa shape index (κ2) is 8.19. The van der Waals surface area contributed by atoms with Gasteiger partial charge in [0.2, 0.25) is 0 Å². The van der Waals surface area contributed by atoms with Gasteiger partial charge in [0.25, 0.3) is 5.91 Å². The van der Waals surface area contributed by atoms with E-state index in [2.05, 4.69) is 10.3 Å². The number of anilines is 1. The number of nitrogens with one attached hydrogen (secondary N) is 1. The second-order valence-corrected chi connectivity index (χ2v) is 6.54. The number of hydrogen-bond donors (Lipinski definition) is 1. The first-order valence-corrected chi connectivity index (χ1v) is 8.91. The van der Waals surface area contributed by atoms with Crippen LogP contribution in [0.3, 0.4) is 0 Å². The van der Waals surface area contributed by atoms with Gasteiger partial charge in [0.1, 0.15) is 5.15 Å². The van der Waals surface area contributed by atoms with Crippen LogP contribution in [0.25, 0.3) is 10.9 Å². The zero-order chi connectivity index (χ0) is 20.3. The molecule has 1 atom stereocenters. The van der Waals surface area contributed by atoms with Crippen molar-refractivity contribution in [1.29, 1.82) is 0 Å². The molecule has 1 aromatic heterocycles. The lowest BCUT2D eigenvalue weighted by Gasteiger charge is -2.15. The molecule has 0 aliphatic rings. The van der Waals surface area contributed by atoms with Gasteiger partial charge in [0, 0.05) is 10.9 Å². The zero-order valence-corrected chi connectivity index (χ0v) is 16.0. The molecule has 0 unspecified atom stereocenters. The van der Waals surface area contributed by atoms with Crippen LogP contribution in [0.2, 0.25) is 5.15 Å². The lowest BCUT2D eigenvalue weighted by Crippen LogP contribution is -2.30. The van der Waals surface area contributed by atoms with Gasteiger partial charge in [-0.25, -0.2) is 9.78 Å². The molecular weight excluding hydrogens is 380 g/mol. The molecule has 0 spiro atoms. The fourth-order valence-electron chi connectivity index (χ4n) is 2.72. The molecule has 0 saturated carbocycles. The van der Waals surface area contributed by atoms with Crippen molar-refractivity contribution < 1.29 is 19.1 Å². The number of ether oxygens (including phenoxy) is 1. The third-order valence-electron chi connectivity index (χ3n) is 4.12. The molecule has 3 aromatic rings. The van der Waals surface area contributed by atoms with E-state index >= 15 is 0 Å². The zero-order valence-electron chi connectivity index (χ0n) is 15.2. The Morgan fingerprint density at radius 1 is 1.04 bits per heavy atom. The summed E-state index contributed by atoms with van der Waals surface area (Å²) in [6, 6.07) is 15.0. The van der Waals surface area contributed by atoms with E-state index in [1.54, 1.807) is 48.5 Å². The lowest BCUT2D eigenvalue weighted by atomic mass is 10.1. The smallest absolute Gasteiger partial charge is 0.339 e. The minimum atomic E-state index is -1.08. The van der Waals surface area contributed by atoms with E-state index < -0.39 is 18.0 Å². The normalized spacial score (nSPS) is 11.7. The molecule has 1 amide bonds. The van der Waals surface area contributed by atoms with Crippen molar-refractivity contribution in [3.8, 4) is 0 Å². The Morgan fingerprint density at radius 3 is 2.46 bits per heavy atom. The molecule has 6 nitrogen and oxygen atoms in total.